The van der Waals surface area contributed by atoms with E-state index in [1.807, 2.05) is 0 Å². The van der Waals surface area contributed by atoms with E-state index in [0.717, 1.165) is 0 Å². The van der Waals surface area contributed by atoms with Gasteiger partial charge in [-0.15, -0.1) is 0 Å². The van der Waals surface area contributed by atoms with E-state index < -0.39 is 41.9 Å². The normalized spacial score (nSPS) is 17.8. The Morgan fingerprint density at radius 1 is 0.750 bits per heavy atom. The third kappa shape index (κ3) is 3.00. The zero-order valence-electron chi connectivity index (χ0n) is 9.57. The molecule has 0 heterocycles. The average molecular weight is 324 g/mol. The molecule has 0 saturated carbocycles. The Kier molecular flexibility index (Phi) is 4.52. The van der Waals surface area contributed by atoms with Gasteiger partial charge in [-0.05, 0) is 12.5 Å². The summed E-state index contributed by atoms with van der Waals surface area (Å²) in [5, 5.41) is 0. The number of allylic oxidation sites excluding steroid dienone is 1. The standard InChI is InChI=1S/C9H7F11/c1-4(2)5(10,8(15,16)17)3-6(11,12)7(13,14)9(18,19)20/h1,3H2,2H3. The second kappa shape index (κ2) is 4.76. The van der Waals surface area contributed by atoms with Crippen LogP contribution in [0.5, 0.6) is 0 Å². The molecule has 0 spiro atoms. The molecule has 11 heteroatoms. The van der Waals surface area contributed by atoms with Crippen LogP contribution in [0, 0.1) is 0 Å². The SMILES string of the molecule is C=C(C)C(F)(CC(F)(F)C(F)(F)C(F)(F)F)C(F)(F)F. The number of hydrogen-bond acceptors (Lipinski definition) is 0. The van der Waals surface area contributed by atoms with Crippen LogP contribution in [0.2, 0.25) is 0 Å². The van der Waals surface area contributed by atoms with Crippen LogP contribution in [-0.2, 0) is 0 Å². The van der Waals surface area contributed by atoms with E-state index in [2.05, 4.69) is 6.58 Å². The van der Waals surface area contributed by atoms with Crippen LogP contribution in [0.3, 0.4) is 0 Å². The number of halogens is 11. The number of hydrogen-bond donors (Lipinski definition) is 0. The number of rotatable bonds is 4. The van der Waals surface area contributed by atoms with Crippen molar-refractivity contribution in [1.82, 2.24) is 0 Å². The van der Waals surface area contributed by atoms with Crippen molar-refractivity contribution in [2.45, 2.75) is 43.2 Å². The minimum atomic E-state index is -6.84. The maximum Gasteiger partial charge on any atom is 0.459 e. The van der Waals surface area contributed by atoms with Crippen molar-refractivity contribution < 1.29 is 48.3 Å². The Morgan fingerprint density at radius 3 is 1.30 bits per heavy atom. The maximum absolute atomic E-state index is 13.4. The largest absolute Gasteiger partial charge is 0.459 e. The molecule has 0 bridgehead atoms. The number of alkyl halides is 11. The smallest absolute Gasteiger partial charge is 0.229 e. The predicted molar refractivity (Wildman–Crippen MR) is 45.3 cm³/mol. The lowest BCUT2D eigenvalue weighted by Gasteiger charge is -2.35. The van der Waals surface area contributed by atoms with E-state index >= 15 is 0 Å². The zero-order valence-corrected chi connectivity index (χ0v) is 9.57. The van der Waals surface area contributed by atoms with E-state index in [4.69, 9.17) is 0 Å². The van der Waals surface area contributed by atoms with Gasteiger partial charge in [-0.25, -0.2) is 4.39 Å². The first kappa shape index (κ1) is 19.0. The third-order valence-electron chi connectivity index (χ3n) is 2.41. The van der Waals surface area contributed by atoms with Crippen molar-refractivity contribution in [3.05, 3.63) is 12.2 Å². The van der Waals surface area contributed by atoms with Crippen LogP contribution in [0.1, 0.15) is 13.3 Å². The van der Waals surface area contributed by atoms with E-state index in [9.17, 15) is 48.3 Å². The highest BCUT2D eigenvalue weighted by Crippen LogP contribution is 2.54. The van der Waals surface area contributed by atoms with Gasteiger partial charge >= 0.3 is 24.2 Å². The molecule has 0 amide bonds. The van der Waals surface area contributed by atoms with E-state index in [1.165, 1.54) is 0 Å². The first-order chi connectivity index (χ1) is 8.40. The molecule has 0 aliphatic rings. The van der Waals surface area contributed by atoms with Crippen molar-refractivity contribution in [1.29, 1.82) is 0 Å². The summed E-state index contributed by atoms with van der Waals surface area (Å²) in [6.07, 6.45) is -16.4. The molecule has 0 radical (unpaired) electrons. The fraction of sp³-hybridized carbons (Fsp3) is 0.778. The quantitative estimate of drug-likeness (QED) is 0.501. The summed E-state index contributed by atoms with van der Waals surface area (Å²) in [5.74, 6) is -13.1. The molecule has 0 aromatic heterocycles. The molecular formula is C9H7F11. The molecule has 0 aliphatic carbocycles. The summed E-state index contributed by atoms with van der Waals surface area (Å²) < 4.78 is 136. The van der Waals surface area contributed by atoms with E-state index in [1.54, 1.807) is 0 Å². The van der Waals surface area contributed by atoms with Gasteiger partial charge in [-0.3, -0.25) is 0 Å². The summed E-state index contributed by atoms with van der Waals surface area (Å²) in [5.41, 5.74) is -6.74. The van der Waals surface area contributed by atoms with Crippen LogP contribution in [0.25, 0.3) is 0 Å². The average Bonchev–Trinajstić information content (AvgIpc) is 2.12. The van der Waals surface area contributed by atoms with Crippen LogP contribution in [0.15, 0.2) is 12.2 Å². The molecule has 1 unspecified atom stereocenters. The fourth-order valence-corrected chi connectivity index (χ4v) is 1.12. The van der Waals surface area contributed by atoms with Gasteiger partial charge in [-0.1, -0.05) is 6.58 Å². The second-order valence-electron chi connectivity index (χ2n) is 4.03. The van der Waals surface area contributed by atoms with Crippen molar-refractivity contribution in [2.75, 3.05) is 0 Å². The molecule has 0 saturated heterocycles. The summed E-state index contributed by atoms with van der Waals surface area (Å²) in [4.78, 5) is 0. The minimum Gasteiger partial charge on any atom is -0.229 e. The summed E-state index contributed by atoms with van der Waals surface area (Å²) in [7, 11) is 0. The Hall–Kier alpha value is -1.03. The Bertz CT molecular complexity index is 374. The zero-order chi connectivity index (χ0) is 16.8. The van der Waals surface area contributed by atoms with Crippen molar-refractivity contribution >= 4 is 0 Å². The Morgan fingerprint density at radius 2 is 1.10 bits per heavy atom. The third-order valence-corrected chi connectivity index (χ3v) is 2.41. The first-order valence-corrected chi connectivity index (χ1v) is 4.64. The molecule has 0 fully saturated rings. The highest BCUT2D eigenvalue weighted by atomic mass is 19.4. The molecule has 0 rings (SSSR count). The molecule has 0 N–H and O–H groups in total. The highest BCUT2D eigenvalue weighted by molar-refractivity contribution is 5.17. The topological polar surface area (TPSA) is 0 Å². The van der Waals surface area contributed by atoms with Gasteiger partial charge in [0.15, 0.2) is 0 Å². The molecule has 20 heavy (non-hydrogen) atoms. The van der Waals surface area contributed by atoms with Crippen LogP contribution in [-0.4, -0.2) is 29.9 Å². The molecule has 0 aromatic carbocycles. The lowest BCUT2D eigenvalue weighted by molar-refractivity contribution is -0.365. The van der Waals surface area contributed by atoms with Crippen LogP contribution in [0.4, 0.5) is 48.3 Å². The van der Waals surface area contributed by atoms with Crippen LogP contribution >= 0.6 is 0 Å². The van der Waals surface area contributed by atoms with Gasteiger partial charge < -0.3 is 0 Å². The summed E-state index contributed by atoms with van der Waals surface area (Å²) in [6.45, 7) is 2.61. The molecule has 0 aliphatic heterocycles. The molecular weight excluding hydrogens is 317 g/mol. The Labute approximate surface area is 105 Å². The summed E-state index contributed by atoms with van der Waals surface area (Å²) >= 11 is 0. The van der Waals surface area contributed by atoms with Gasteiger partial charge in [0, 0.05) is 0 Å². The maximum atomic E-state index is 13.4. The van der Waals surface area contributed by atoms with Crippen molar-refractivity contribution in [3.63, 3.8) is 0 Å². The molecule has 0 nitrogen and oxygen atoms in total. The Balaban J connectivity index is 5.73. The molecule has 120 valence electrons. The molecule has 0 aromatic rings. The van der Waals surface area contributed by atoms with E-state index in [0.29, 0.717) is 0 Å². The summed E-state index contributed by atoms with van der Waals surface area (Å²) in [6, 6.07) is 0. The first-order valence-electron chi connectivity index (χ1n) is 4.64. The van der Waals surface area contributed by atoms with Gasteiger partial charge in [0.25, 0.3) is 0 Å². The van der Waals surface area contributed by atoms with Crippen molar-refractivity contribution in [3.8, 4) is 0 Å². The predicted octanol–water partition coefficient (Wildman–Crippen LogP) is 5.06. The van der Waals surface area contributed by atoms with Gasteiger partial charge in [0.1, 0.15) is 0 Å². The molecule has 1 atom stereocenters. The fourth-order valence-electron chi connectivity index (χ4n) is 1.12. The monoisotopic (exact) mass is 324 g/mol. The van der Waals surface area contributed by atoms with Gasteiger partial charge in [0.2, 0.25) is 5.67 Å². The van der Waals surface area contributed by atoms with Crippen LogP contribution < -0.4 is 0 Å². The van der Waals surface area contributed by atoms with Gasteiger partial charge in [0.05, 0.1) is 6.42 Å². The van der Waals surface area contributed by atoms with E-state index in [-0.39, 0.29) is 6.92 Å². The lowest BCUT2D eigenvalue weighted by atomic mass is 9.88. The van der Waals surface area contributed by atoms with Gasteiger partial charge in [-0.2, -0.15) is 43.9 Å². The lowest BCUT2D eigenvalue weighted by Crippen LogP contribution is -2.57. The minimum absolute atomic E-state index is 0.245. The second-order valence-corrected chi connectivity index (χ2v) is 4.03. The van der Waals surface area contributed by atoms with Crippen molar-refractivity contribution in [2.24, 2.45) is 0 Å². The highest BCUT2D eigenvalue weighted by Gasteiger charge is 2.76.